The van der Waals surface area contributed by atoms with Crippen LogP contribution >= 0.6 is 24.0 Å². The summed E-state index contributed by atoms with van der Waals surface area (Å²) in [5.41, 5.74) is 3.71. The van der Waals surface area contributed by atoms with Gasteiger partial charge >= 0.3 is 0 Å². The van der Waals surface area contributed by atoms with E-state index in [0.717, 1.165) is 24.3 Å². The molecule has 0 saturated heterocycles. The van der Waals surface area contributed by atoms with Crippen LogP contribution in [0.4, 0.5) is 0 Å². The zero-order chi connectivity index (χ0) is 12.1. The van der Waals surface area contributed by atoms with Crippen LogP contribution in [0.15, 0.2) is 29.6 Å². The molecule has 0 spiro atoms. The summed E-state index contributed by atoms with van der Waals surface area (Å²) < 4.78 is 0. The van der Waals surface area contributed by atoms with Crippen molar-refractivity contribution in [3.05, 3.63) is 40.2 Å². The molecule has 0 aliphatic rings. The second-order valence-electron chi connectivity index (χ2n) is 4.05. The SMILES string of the molecule is CCCc1ccc(-c2csc(CCS)n2)cc1. The van der Waals surface area contributed by atoms with Crippen LogP contribution in [0.1, 0.15) is 23.9 Å². The normalized spacial score (nSPS) is 10.7. The smallest absolute Gasteiger partial charge is 0.0940 e. The minimum Gasteiger partial charge on any atom is -0.241 e. The summed E-state index contributed by atoms with van der Waals surface area (Å²) in [5, 5.41) is 3.31. The Morgan fingerprint density at radius 3 is 2.59 bits per heavy atom. The fourth-order valence-electron chi connectivity index (χ4n) is 1.78. The van der Waals surface area contributed by atoms with Gasteiger partial charge in [-0.3, -0.25) is 0 Å². The van der Waals surface area contributed by atoms with E-state index in [4.69, 9.17) is 0 Å². The first-order chi connectivity index (χ1) is 8.33. The zero-order valence-corrected chi connectivity index (χ0v) is 11.7. The maximum atomic E-state index is 4.62. The summed E-state index contributed by atoms with van der Waals surface area (Å²) in [6.45, 7) is 2.21. The number of thiol groups is 1. The molecule has 0 amide bonds. The maximum Gasteiger partial charge on any atom is 0.0940 e. The topological polar surface area (TPSA) is 12.9 Å². The first-order valence-electron chi connectivity index (χ1n) is 5.98. The van der Waals surface area contributed by atoms with Crippen molar-refractivity contribution in [2.45, 2.75) is 26.2 Å². The van der Waals surface area contributed by atoms with Crippen molar-refractivity contribution in [1.29, 1.82) is 0 Å². The standard InChI is InChI=1S/C14H17NS2/c1-2-3-11-4-6-12(7-5-11)13-10-17-14(15-13)8-9-16/h4-7,10,16H,2-3,8-9H2,1H3. The number of aromatic nitrogens is 1. The summed E-state index contributed by atoms with van der Waals surface area (Å²) in [7, 11) is 0. The summed E-state index contributed by atoms with van der Waals surface area (Å²) in [4.78, 5) is 4.62. The molecular formula is C14H17NS2. The van der Waals surface area contributed by atoms with Crippen molar-refractivity contribution in [2.75, 3.05) is 5.75 Å². The molecule has 2 aromatic rings. The summed E-state index contributed by atoms with van der Waals surface area (Å²) in [6.07, 6.45) is 3.31. The molecule has 17 heavy (non-hydrogen) atoms. The Morgan fingerprint density at radius 1 is 1.18 bits per heavy atom. The van der Waals surface area contributed by atoms with E-state index in [1.54, 1.807) is 11.3 Å². The number of thiazole rings is 1. The Balaban J connectivity index is 2.15. The van der Waals surface area contributed by atoms with Gasteiger partial charge in [-0.1, -0.05) is 37.6 Å². The highest BCUT2D eigenvalue weighted by atomic mass is 32.1. The Kier molecular flexibility index (Phi) is 4.63. The molecule has 0 radical (unpaired) electrons. The van der Waals surface area contributed by atoms with Crippen LogP contribution in [0.5, 0.6) is 0 Å². The lowest BCUT2D eigenvalue weighted by Crippen LogP contribution is -1.86. The number of hydrogen-bond donors (Lipinski definition) is 1. The van der Waals surface area contributed by atoms with Crippen LogP contribution < -0.4 is 0 Å². The second-order valence-corrected chi connectivity index (χ2v) is 5.44. The van der Waals surface area contributed by atoms with Gasteiger partial charge < -0.3 is 0 Å². The van der Waals surface area contributed by atoms with Gasteiger partial charge in [-0.25, -0.2) is 4.98 Å². The van der Waals surface area contributed by atoms with Gasteiger partial charge in [0, 0.05) is 17.4 Å². The molecule has 0 fully saturated rings. The average Bonchev–Trinajstić information content (AvgIpc) is 2.80. The van der Waals surface area contributed by atoms with Crippen molar-refractivity contribution in [2.24, 2.45) is 0 Å². The van der Waals surface area contributed by atoms with Gasteiger partial charge in [-0.15, -0.1) is 11.3 Å². The van der Waals surface area contributed by atoms with Crippen molar-refractivity contribution < 1.29 is 0 Å². The lowest BCUT2D eigenvalue weighted by atomic mass is 10.1. The molecule has 90 valence electrons. The average molecular weight is 263 g/mol. The first kappa shape index (κ1) is 12.7. The monoisotopic (exact) mass is 263 g/mol. The molecule has 0 aliphatic carbocycles. The molecule has 1 nitrogen and oxygen atoms in total. The van der Waals surface area contributed by atoms with Crippen molar-refractivity contribution in [1.82, 2.24) is 4.98 Å². The van der Waals surface area contributed by atoms with Gasteiger partial charge in [0.25, 0.3) is 0 Å². The fraction of sp³-hybridized carbons (Fsp3) is 0.357. The van der Waals surface area contributed by atoms with Gasteiger partial charge in [0.15, 0.2) is 0 Å². The van der Waals surface area contributed by atoms with E-state index in [-0.39, 0.29) is 0 Å². The molecule has 0 aliphatic heterocycles. The minimum atomic E-state index is 0.863. The largest absolute Gasteiger partial charge is 0.241 e. The first-order valence-corrected chi connectivity index (χ1v) is 7.49. The van der Waals surface area contributed by atoms with E-state index < -0.39 is 0 Å². The number of benzene rings is 1. The van der Waals surface area contributed by atoms with Gasteiger partial charge in [0.05, 0.1) is 10.7 Å². The third-order valence-electron chi connectivity index (χ3n) is 2.67. The third-order valence-corrected chi connectivity index (χ3v) is 3.80. The molecule has 0 atom stereocenters. The number of rotatable bonds is 5. The summed E-state index contributed by atoms with van der Waals surface area (Å²) >= 11 is 5.96. The van der Waals surface area contributed by atoms with Crippen molar-refractivity contribution in [3.8, 4) is 11.3 Å². The highest BCUT2D eigenvalue weighted by molar-refractivity contribution is 7.80. The highest BCUT2D eigenvalue weighted by Crippen LogP contribution is 2.23. The number of nitrogens with zero attached hydrogens (tertiary/aromatic N) is 1. The second kappa shape index (κ2) is 6.22. The van der Waals surface area contributed by atoms with Gasteiger partial charge in [0.2, 0.25) is 0 Å². The van der Waals surface area contributed by atoms with Crippen molar-refractivity contribution in [3.63, 3.8) is 0 Å². The summed E-state index contributed by atoms with van der Waals surface area (Å²) in [5.74, 6) is 0.863. The molecule has 1 aromatic heterocycles. The molecule has 0 unspecified atom stereocenters. The summed E-state index contributed by atoms with van der Waals surface area (Å²) in [6, 6.07) is 8.75. The Bertz CT molecular complexity index is 459. The Morgan fingerprint density at radius 2 is 1.94 bits per heavy atom. The van der Waals surface area contributed by atoms with Crippen LogP contribution in [0.25, 0.3) is 11.3 Å². The third kappa shape index (κ3) is 3.33. The highest BCUT2D eigenvalue weighted by Gasteiger charge is 2.03. The molecule has 1 aromatic carbocycles. The molecular weight excluding hydrogens is 246 g/mol. The predicted molar refractivity (Wildman–Crippen MR) is 79.1 cm³/mol. The van der Waals surface area contributed by atoms with E-state index >= 15 is 0 Å². The van der Waals surface area contributed by atoms with E-state index in [1.165, 1.54) is 22.6 Å². The zero-order valence-electron chi connectivity index (χ0n) is 10.0. The lowest BCUT2D eigenvalue weighted by Gasteiger charge is -2.00. The van der Waals surface area contributed by atoms with Crippen LogP contribution in [-0.4, -0.2) is 10.7 Å². The lowest BCUT2D eigenvalue weighted by molar-refractivity contribution is 0.922. The number of aryl methyl sites for hydroxylation is 2. The van der Waals surface area contributed by atoms with E-state index in [1.807, 2.05) is 0 Å². The van der Waals surface area contributed by atoms with Crippen LogP contribution in [-0.2, 0) is 12.8 Å². The molecule has 1 heterocycles. The van der Waals surface area contributed by atoms with Crippen molar-refractivity contribution >= 4 is 24.0 Å². The Labute approximate surface area is 112 Å². The molecule has 0 saturated carbocycles. The molecule has 0 bridgehead atoms. The molecule has 0 N–H and O–H groups in total. The van der Waals surface area contributed by atoms with Crippen LogP contribution in [0.2, 0.25) is 0 Å². The Hall–Kier alpha value is -0.800. The van der Waals surface area contributed by atoms with E-state index in [0.29, 0.717) is 0 Å². The predicted octanol–water partition coefficient (Wildman–Crippen LogP) is 4.23. The van der Waals surface area contributed by atoms with Gasteiger partial charge in [-0.2, -0.15) is 12.6 Å². The van der Waals surface area contributed by atoms with Crippen LogP contribution in [0, 0.1) is 0 Å². The number of hydrogen-bond acceptors (Lipinski definition) is 3. The maximum absolute atomic E-state index is 4.62. The quantitative estimate of drug-likeness (QED) is 0.796. The molecule has 3 heteroatoms. The van der Waals surface area contributed by atoms with E-state index in [9.17, 15) is 0 Å². The minimum absolute atomic E-state index is 0.863. The fourth-order valence-corrected chi connectivity index (χ4v) is 2.96. The van der Waals surface area contributed by atoms with Gasteiger partial charge in [0.1, 0.15) is 0 Å². The molecule has 2 rings (SSSR count). The van der Waals surface area contributed by atoms with Gasteiger partial charge in [-0.05, 0) is 17.7 Å². The van der Waals surface area contributed by atoms with E-state index in [2.05, 4.69) is 54.2 Å². The van der Waals surface area contributed by atoms with Crippen LogP contribution in [0.3, 0.4) is 0 Å².